The van der Waals surface area contributed by atoms with E-state index in [0.29, 0.717) is 5.69 Å². The van der Waals surface area contributed by atoms with Crippen molar-refractivity contribution in [1.82, 2.24) is 19.9 Å². The molecule has 366 valence electrons. The number of nitrogens with zero attached hydrogens (tertiary/aromatic N) is 2. The second-order valence-electron chi connectivity index (χ2n) is 26.4. The van der Waals surface area contributed by atoms with E-state index in [0.717, 1.165) is 72.3 Å². The molecule has 0 saturated carbocycles. The maximum atomic E-state index is 6.90. The lowest BCUT2D eigenvalue weighted by atomic mass is 9.76. The van der Waals surface area contributed by atoms with Gasteiger partial charge in [0.2, 0.25) is 0 Å². The van der Waals surface area contributed by atoms with Crippen LogP contribution in [0.4, 0.5) is 0 Å². The number of hydrogen-bond acceptors (Lipinski definition) is 6. The maximum Gasteiger partial charge on any atom is 0.499 e. The van der Waals surface area contributed by atoms with E-state index in [1.807, 2.05) is 0 Å². The summed E-state index contributed by atoms with van der Waals surface area (Å²) >= 11 is 0. The molecular weight excluding hydrogens is 862 g/mol. The van der Waals surface area contributed by atoms with E-state index in [-0.39, 0.29) is 21.7 Å². The van der Waals surface area contributed by atoms with Crippen molar-refractivity contribution in [1.29, 1.82) is 0 Å². The Morgan fingerprint density at radius 1 is 0.371 bits per heavy atom. The van der Waals surface area contributed by atoms with Crippen LogP contribution >= 0.6 is 0 Å². The molecule has 0 aliphatic carbocycles. The average molecular weight is 939 g/mol. The summed E-state index contributed by atoms with van der Waals surface area (Å²) < 4.78 is 27.6. The molecular formula is C60H76B2N4O4. The van der Waals surface area contributed by atoms with Gasteiger partial charge in [-0.2, -0.15) is 0 Å². The number of benzene rings is 2. The van der Waals surface area contributed by atoms with Crippen molar-refractivity contribution in [2.24, 2.45) is 0 Å². The lowest BCUT2D eigenvalue weighted by Gasteiger charge is -2.32. The zero-order chi connectivity index (χ0) is 51.1. The van der Waals surface area contributed by atoms with Gasteiger partial charge in [-0.15, -0.1) is 0 Å². The lowest BCUT2D eigenvalue weighted by Crippen LogP contribution is -2.41. The third-order valence-electron chi connectivity index (χ3n) is 15.7. The van der Waals surface area contributed by atoms with E-state index in [2.05, 4.69) is 233 Å². The molecule has 9 rings (SSSR count). The van der Waals surface area contributed by atoms with Crippen molar-refractivity contribution in [3.63, 3.8) is 0 Å². The van der Waals surface area contributed by atoms with E-state index < -0.39 is 36.6 Å². The van der Waals surface area contributed by atoms with E-state index in [1.165, 1.54) is 22.3 Å². The number of aromatic amines is 2. The van der Waals surface area contributed by atoms with Crippen LogP contribution in [0.5, 0.6) is 0 Å². The predicted molar refractivity (Wildman–Crippen MR) is 296 cm³/mol. The van der Waals surface area contributed by atoms with Crippen LogP contribution in [0.2, 0.25) is 0 Å². The number of rotatable bonds is 4. The molecule has 5 aromatic rings. The summed E-state index contributed by atoms with van der Waals surface area (Å²) in [4.78, 5) is 19.1. The Kier molecular flexibility index (Phi) is 11.6. The number of H-pyrrole nitrogens is 2. The van der Waals surface area contributed by atoms with Gasteiger partial charge in [0.05, 0.1) is 45.2 Å². The number of aromatic nitrogens is 4. The highest BCUT2D eigenvalue weighted by Crippen LogP contribution is 2.43. The number of fused-ring (bicyclic) bond motifs is 8. The van der Waals surface area contributed by atoms with Crippen LogP contribution in [0.15, 0.2) is 60.7 Å². The molecule has 0 atom stereocenters. The van der Waals surface area contributed by atoms with E-state index in [4.69, 9.17) is 28.6 Å². The molecule has 4 aliphatic rings. The van der Waals surface area contributed by atoms with E-state index in [9.17, 15) is 0 Å². The van der Waals surface area contributed by atoms with Gasteiger partial charge in [-0.1, -0.05) is 119 Å². The summed E-state index contributed by atoms with van der Waals surface area (Å²) in [5.41, 5.74) is 14.8. The van der Waals surface area contributed by atoms with E-state index >= 15 is 0 Å². The highest BCUT2D eigenvalue weighted by atomic mass is 16.7. The van der Waals surface area contributed by atoms with Gasteiger partial charge in [0.15, 0.2) is 0 Å². The fourth-order valence-corrected chi connectivity index (χ4v) is 9.55. The zero-order valence-electron chi connectivity index (χ0n) is 45.8. The summed E-state index contributed by atoms with van der Waals surface area (Å²) in [6, 6.07) is 23.0. The largest absolute Gasteiger partial charge is 0.499 e. The van der Waals surface area contributed by atoms with Gasteiger partial charge in [0.25, 0.3) is 0 Å². The molecule has 4 aliphatic heterocycles. The van der Waals surface area contributed by atoms with Crippen molar-refractivity contribution in [3.05, 3.63) is 106 Å². The Labute approximate surface area is 418 Å². The monoisotopic (exact) mass is 939 g/mol. The highest BCUT2D eigenvalue weighted by molar-refractivity contribution is 6.66. The molecule has 0 spiro atoms. The maximum absolute atomic E-state index is 6.90. The van der Waals surface area contributed by atoms with Crippen molar-refractivity contribution >= 4 is 71.5 Å². The van der Waals surface area contributed by atoms with Crippen LogP contribution in [-0.2, 0) is 40.3 Å². The van der Waals surface area contributed by atoms with Crippen LogP contribution in [0.25, 0.3) is 68.6 Å². The van der Waals surface area contributed by atoms with Gasteiger partial charge in [0.1, 0.15) is 0 Å². The zero-order valence-corrected chi connectivity index (χ0v) is 45.8. The number of nitrogens with one attached hydrogen (secondary N) is 2. The lowest BCUT2D eigenvalue weighted by molar-refractivity contribution is 0.00578. The van der Waals surface area contributed by atoms with Crippen molar-refractivity contribution in [3.8, 4) is 22.3 Å². The van der Waals surface area contributed by atoms with Crippen molar-refractivity contribution in [2.45, 2.75) is 183 Å². The fourth-order valence-electron chi connectivity index (χ4n) is 9.55. The molecule has 7 heterocycles. The second-order valence-corrected chi connectivity index (χ2v) is 26.4. The first-order chi connectivity index (χ1) is 32.1. The minimum Gasteiger partial charge on any atom is -0.399 e. The van der Waals surface area contributed by atoms with E-state index in [1.54, 1.807) is 0 Å². The molecule has 0 radical (unpaired) electrons. The Hall–Kier alpha value is -4.99. The quantitative estimate of drug-likeness (QED) is 0.171. The highest BCUT2D eigenvalue weighted by Gasteiger charge is 2.54. The number of hydrogen-bond donors (Lipinski definition) is 2. The Morgan fingerprint density at radius 2 is 0.657 bits per heavy atom. The fraction of sp³-hybridized carbons (Fsp3) is 0.467. The molecule has 2 fully saturated rings. The van der Waals surface area contributed by atoms with Gasteiger partial charge < -0.3 is 28.6 Å². The molecule has 8 nitrogen and oxygen atoms in total. The minimum absolute atomic E-state index is 0.101. The minimum atomic E-state index is -0.747. The molecule has 2 saturated heterocycles. The van der Waals surface area contributed by atoms with Gasteiger partial charge in [0, 0.05) is 44.1 Å². The second kappa shape index (κ2) is 16.3. The summed E-state index contributed by atoms with van der Waals surface area (Å²) in [5.74, 6) is 0. The predicted octanol–water partition coefficient (Wildman–Crippen LogP) is 13.8. The standard InChI is InChI=1S/C60H76B2N4O4/c1-53(2,3)37-29-35(30-38(33-37)54(4,5)6)49-41-21-22-42(63-41)50(36-31-39(55(7,8)9)34-40(32-36)56(10,11)12)44-24-26-46(65-44)52(62-69-59(17,18)60(19,20)70-62)48-28-27-47(66-48)51(45-25-23-43(49)64-45)61-67-57(13,14)58(15,16)68-61/h21-34,63-64H,1-20H3. The van der Waals surface area contributed by atoms with Gasteiger partial charge in [-0.25, -0.2) is 9.97 Å². The molecule has 0 unspecified atom stereocenters. The van der Waals surface area contributed by atoms with Crippen LogP contribution in [0, 0.1) is 0 Å². The molecule has 8 bridgehead atoms. The van der Waals surface area contributed by atoms with Gasteiger partial charge >= 0.3 is 14.2 Å². The average Bonchev–Trinajstić information content (AvgIpc) is 4.09. The molecule has 0 amide bonds. The molecule has 3 aromatic heterocycles. The smallest absolute Gasteiger partial charge is 0.399 e. The van der Waals surface area contributed by atoms with Gasteiger partial charge in [-0.05, 0) is 159 Å². The Balaban J connectivity index is 1.48. The molecule has 70 heavy (non-hydrogen) atoms. The molecule has 2 aromatic carbocycles. The Morgan fingerprint density at radius 3 is 1.04 bits per heavy atom. The van der Waals surface area contributed by atoms with Crippen LogP contribution in [0.3, 0.4) is 0 Å². The molecule has 10 heteroatoms. The van der Waals surface area contributed by atoms with Gasteiger partial charge in [-0.3, -0.25) is 0 Å². The topological polar surface area (TPSA) is 94.3 Å². The SMILES string of the molecule is CC(C)(C)c1cc(-c2c3nc(c(B4OC(C)(C)C(C)(C)O4)c4nc(c(B5OC(C)(C)C(C)(C)O5)c5ccc([nH]5)c(-c5cc(C(C)(C)C)cc(C(C)(C)C)c5)c5ccc2[nH]5)C=C4)C=C3)cc(C(C)(C)C)c1. The third-order valence-corrected chi connectivity index (χ3v) is 15.7. The third kappa shape index (κ3) is 8.90. The Bertz CT molecular complexity index is 3080. The summed E-state index contributed by atoms with van der Waals surface area (Å²) in [6.07, 6.45) is 8.37. The molecule has 2 N–H and O–H groups in total. The first-order valence-electron chi connectivity index (χ1n) is 25.3. The summed E-state index contributed by atoms with van der Waals surface area (Å²) in [7, 11) is -1.47. The first-order valence-corrected chi connectivity index (χ1v) is 25.3. The van der Waals surface area contributed by atoms with Crippen LogP contribution in [0.1, 0.15) is 184 Å². The van der Waals surface area contributed by atoms with Crippen LogP contribution in [-0.4, -0.2) is 56.6 Å². The van der Waals surface area contributed by atoms with Crippen molar-refractivity contribution in [2.75, 3.05) is 0 Å². The normalized spacial score (nSPS) is 18.6. The first kappa shape index (κ1) is 50.0. The van der Waals surface area contributed by atoms with Crippen LogP contribution < -0.4 is 10.9 Å². The summed E-state index contributed by atoms with van der Waals surface area (Å²) in [6.45, 7) is 44.2. The summed E-state index contributed by atoms with van der Waals surface area (Å²) in [5, 5.41) is 0. The van der Waals surface area contributed by atoms with Crippen molar-refractivity contribution < 1.29 is 18.6 Å².